The molecule has 0 saturated heterocycles. The molecule has 166 valence electrons. The molecule has 3 fully saturated rings. The zero-order chi connectivity index (χ0) is 21.9. The van der Waals surface area contributed by atoms with Crippen molar-refractivity contribution < 1.29 is 28.9 Å². The summed E-state index contributed by atoms with van der Waals surface area (Å²) in [6.07, 6.45) is 7.93. The molecule has 4 aliphatic rings. The van der Waals surface area contributed by atoms with Gasteiger partial charge >= 0.3 is 5.97 Å². The third kappa shape index (κ3) is 2.66. The number of carbonyl (C=O) groups is 2. The number of aliphatic hydroxyl groups excluding tert-OH is 1. The number of allylic oxidation sites excluding steroid dienone is 4. The highest BCUT2D eigenvalue weighted by atomic mass is 16.6. The van der Waals surface area contributed by atoms with Crippen LogP contribution in [0.15, 0.2) is 23.8 Å². The van der Waals surface area contributed by atoms with Crippen LogP contribution in [0, 0.1) is 28.6 Å². The summed E-state index contributed by atoms with van der Waals surface area (Å²) in [6, 6.07) is 0. The number of aliphatic hydroxyl groups is 1. The van der Waals surface area contributed by atoms with Gasteiger partial charge in [-0.2, -0.15) is 0 Å². The molecule has 3 saturated carbocycles. The molecular weight excluding hydrogens is 384 g/mol. The summed E-state index contributed by atoms with van der Waals surface area (Å²) in [7, 11) is 4.52. The van der Waals surface area contributed by atoms with Crippen molar-refractivity contribution in [2.24, 2.45) is 28.6 Å². The second-order valence-corrected chi connectivity index (χ2v) is 9.98. The molecule has 0 amide bonds. The number of methoxy groups -OCH3 is 3. The molecule has 4 rings (SSSR count). The van der Waals surface area contributed by atoms with E-state index in [0.717, 1.165) is 24.8 Å². The van der Waals surface area contributed by atoms with Crippen LogP contribution in [0.4, 0.5) is 0 Å². The van der Waals surface area contributed by atoms with Crippen LogP contribution in [0.25, 0.3) is 0 Å². The van der Waals surface area contributed by atoms with Crippen LogP contribution in [0.2, 0.25) is 0 Å². The molecule has 0 aromatic rings. The van der Waals surface area contributed by atoms with Crippen molar-refractivity contribution in [3.63, 3.8) is 0 Å². The molecule has 0 aromatic carbocycles. The smallest absolute Gasteiger partial charge is 0.338 e. The lowest BCUT2D eigenvalue weighted by molar-refractivity contribution is -0.223. The number of hydrogen-bond acceptors (Lipinski definition) is 6. The van der Waals surface area contributed by atoms with Crippen LogP contribution in [0.3, 0.4) is 0 Å². The minimum atomic E-state index is -0.846. The summed E-state index contributed by atoms with van der Waals surface area (Å²) < 4.78 is 16.8. The Morgan fingerprint density at radius 3 is 2.60 bits per heavy atom. The van der Waals surface area contributed by atoms with Gasteiger partial charge in [0.25, 0.3) is 0 Å². The quantitative estimate of drug-likeness (QED) is 0.707. The Morgan fingerprint density at radius 2 is 1.97 bits per heavy atom. The van der Waals surface area contributed by atoms with Gasteiger partial charge in [-0.3, -0.25) is 4.79 Å². The molecule has 0 aliphatic heterocycles. The molecule has 0 radical (unpaired) electrons. The lowest BCUT2D eigenvalue weighted by atomic mass is 9.46. The maximum atomic E-state index is 12.6. The van der Waals surface area contributed by atoms with E-state index in [4.69, 9.17) is 14.2 Å². The van der Waals surface area contributed by atoms with Gasteiger partial charge < -0.3 is 19.3 Å². The third-order valence-corrected chi connectivity index (χ3v) is 9.12. The van der Waals surface area contributed by atoms with E-state index < -0.39 is 29.2 Å². The predicted octanol–water partition coefficient (Wildman–Crippen LogP) is 2.84. The van der Waals surface area contributed by atoms with Gasteiger partial charge in [0, 0.05) is 31.0 Å². The summed E-state index contributed by atoms with van der Waals surface area (Å²) in [5.74, 6) is 0.221. The molecular formula is C24H34O6. The Balaban J connectivity index is 1.75. The maximum absolute atomic E-state index is 12.6. The first-order valence-corrected chi connectivity index (χ1v) is 11.0. The largest absolute Gasteiger partial charge is 0.467 e. The van der Waals surface area contributed by atoms with E-state index in [0.29, 0.717) is 12.8 Å². The summed E-state index contributed by atoms with van der Waals surface area (Å²) >= 11 is 0. The Labute approximate surface area is 178 Å². The SMILES string of the molecule is COC(=O)[C@@H](OC)[C@@]1(OC)CC[C@H]2[C@@H]3CCC4=CC(=O)C=C[C@]4(C)[C@H]3C(O)C[C@@]21C. The second kappa shape index (κ2) is 7.28. The normalized spacial score (nSPS) is 45.8. The predicted molar refractivity (Wildman–Crippen MR) is 111 cm³/mol. The van der Waals surface area contributed by atoms with Gasteiger partial charge in [-0.05, 0) is 56.1 Å². The monoisotopic (exact) mass is 418 g/mol. The fraction of sp³-hybridized carbons (Fsp3) is 0.750. The Morgan fingerprint density at radius 1 is 1.23 bits per heavy atom. The van der Waals surface area contributed by atoms with Gasteiger partial charge in [-0.15, -0.1) is 0 Å². The minimum Gasteiger partial charge on any atom is -0.467 e. The van der Waals surface area contributed by atoms with Crippen LogP contribution in [-0.4, -0.2) is 56.0 Å². The number of carbonyl (C=O) groups excluding carboxylic acids is 2. The van der Waals surface area contributed by atoms with Gasteiger partial charge in [0.05, 0.1) is 13.2 Å². The lowest BCUT2D eigenvalue weighted by Gasteiger charge is -2.60. The molecule has 8 atom stereocenters. The zero-order valence-electron chi connectivity index (χ0n) is 18.6. The average molecular weight is 419 g/mol. The van der Waals surface area contributed by atoms with Gasteiger partial charge in [0.2, 0.25) is 0 Å². The Kier molecular flexibility index (Phi) is 5.27. The topological polar surface area (TPSA) is 82.1 Å². The molecule has 0 heterocycles. The van der Waals surface area contributed by atoms with Gasteiger partial charge in [-0.25, -0.2) is 4.79 Å². The summed E-state index contributed by atoms with van der Waals surface area (Å²) in [5, 5.41) is 11.5. The fourth-order valence-corrected chi connectivity index (χ4v) is 7.80. The van der Waals surface area contributed by atoms with E-state index >= 15 is 0 Å². The number of ether oxygens (including phenoxy) is 3. The van der Waals surface area contributed by atoms with Crippen LogP contribution in [0.5, 0.6) is 0 Å². The van der Waals surface area contributed by atoms with Crippen molar-refractivity contribution in [2.75, 3.05) is 21.3 Å². The van der Waals surface area contributed by atoms with Crippen molar-refractivity contribution in [1.82, 2.24) is 0 Å². The van der Waals surface area contributed by atoms with Crippen molar-refractivity contribution in [3.8, 4) is 0 Å². The zero-order valence-corrected chi connectivity index (χ0v) is 18.6. The molecule has 4 aliphatic carbocycles. The van der Waals surface area contributed by atoms with Crippen LogP contribution < -0.4 is 0 Å². The van der Waals surface area contributed by atoms with Gasteiger partial charge in [0.1, 0.15) is 5.60 Å². The summed E-state index contributed by atoms with van der Waals surface area (Å²) in [6.45, 7) is 4.31. The molecule has 1 unspecified atom stereocenters. The highest BCUT2D eigenvalue weighted by molar-refractivity contribution is 6.01. The number of fused-ring (bicyclic) bond motifs is 5. The number of hydrogen-bond donors (Lipinski definition) is 1. The number of esters is 1. The van der Waals surface area contributed by atoms with E-state index in [1.165, 1.54) is 14.2 Å². The first-order chi connectivity index (χ1) is 14.2. The third-order valence-electron chi connectivity index (χ3n) is 9.12. The van der Waals surface area contributed by atoms with Crippen LogP contribution >= 0.6 is 0 Å². The first kappa shape index (κ1) is 21.7. The van der Waals surface area contributed by atoms with E-state index in [-0.39, 0.29) is 29.0 Å². The standard InChI is InChI=1S/C24H34O6/c1-22-10-8-15(25)12-14(22)6-7-16-17-9-11-24(30-5,20(28-3)21(27)29-4)23(17,2)13-18(26)19(16)22/h8,10,12,16-20,26H,6-7,9,11,13H2,1-5H3/t16-,17-,18?,19+,20+,22-,23-,24-/m0/s1. The Hall–Kier alpha value is -1.50. The van der Waals surface area contributed by atoms with Crippen LogP contribution in [-0.2, 0) is 23.8 Å². The fourth-order valence-electron chi connectivity index (χ4n) is 7.80. The van der Waals surface area contributed by atoms with Crippen molar-refractivity contribution >= 4 is 11.8 Å². The molecule has 1 N–H and O–H groups in total. The molecule has 6 nitrogen and oxygen atoms in total. The Bertz CT molecular complexity index is 802. The minimum absolute atomic E-state index is 0.0383. The van der Waals surface area contributed by atoms with E-state index in [2.05, 4.69) is 13.8 Å². The molecule has 0 bridgehead atoms. The number of rotatable bonds is 4. The molecule has 6 heteroatoms. The number of ketones is 1. The molecule has 0 spiro atoms. The molecule has 30 heavy (non-hydrogen) atoms. The van der Waals surface area contributed by atoms with E-state index in [9.17, 15) is 14.7 Å². The van der Waals surface area contributed by atoms with Crippen molar-refractivity contribution in [2.45, 2.75) is 63.8 Å². The second-order valence-electron chi connectivity index (χ2n) is 9.98. The molecule has 0 aromatic heterocycles. The van der Waals surface area contributed by atoms with Gasteiger partial charge in [0.15, 0.2) is 11.9 Å². The maximum Gasteiger partial charge on any atom is 0.338 e. The van der Waals surface area contributed by atoms with Crippen molar-refractivity contribution in [3.05, 3.63) is 23.8 Å². The lowest BCUT2D eigenvalue weighted by Crippen LogP contribution is -2.64. The van der Waals surface area contributed by atoms with Gasteiger partial charge in [-0.1, -0.05) is 25.5 Å². The van der Waals surface area contributed by atoms with Crippen LogP contribution in [0.1, 0.15) is 46.0 Å². The highest BCUT2D eigenvalue weighted by Crippen LogP contribution is 2.68. The first-order valence-electron chi connectivity index (χ1n) is 11.0. The average Bonchev–Trinajstić information content (AvgIpc) is 3.01. The van der Waals surface area contributed by atoms with Crippen molar-refractivity contribution in [1.29, 1.82) is 0 Å². The van der Waals surface area contributed by atoms with E-state index in [1.807, 2.05) is 6.08 Å². The summed E-state index contributed by atoms with van der Waals surface area (Å²) in [4.78, 5) is 24.6. The highest BCUT2D eigenvalue weighted by Gasteiger charge is 2.70. The summed E-state index contributed by atoms with van der Waals surface area (Å²) in [5.41, 5.74) is -0.442. The van der Waals surface area contributed by atoms with E-state index in [1.54, 1.807) is 19.3 Å².